The molecule has 0 aliphatic rings. The van der Waals surface area contributed by atoms with Crippen LogP contribution >= 0.6 is 11.3 Å². The zero-order valence-corrected chi connectivity index (χ0v) is 6.88. The number of rotatable bonds is 2. The van der Waals surface area contributed by atoms with Gasteiger partial charge in [-0.05, 0) is 11.4 Å². The molecule has 0 aliphatic carbocycles. The summed E-state index contributed by atoms with van der Waals surface area (Å²) in [7, 11) is 0. The Labute approximate surface area is 72.7 Å². The fourth-order valence-electron chi connectivity index (χ4n) is 0.931. The Balaban J connectivity index is 2.53. The van der Waals surface area contributed by atoms with E-state index < -0.39 is 0 Å². The number of carbonyl (C=O) groups excluding carboxylic acids is 1. The number of aromatic nitrogens is 1. The average molecular weight is 179 g/mol. The zero-order chi connectivity index (χ0) is 8.39. The van der Waals surface area contributed by atoms with E-state index in [1.807, 2.05) is 17.5 Å². The van der Waals surface area contributed by atoms with Crippen LogP contribution in [-0.4, -0.2) is 11.3 Å². The molecule has 60 valence electrons. The number of carbonyl (C=O) groups is 1. The maximum Gasteiger partial charge on any atom is 0.182 e. The first kappa shape index (κ1) is 7.24. The van der Waals surface area contributed by atoms with Crippen molar-refractivity contribution in [1.82, 2.24) is 4.98 Å². The second-order valence-electron chi connectivity index (χ2n) is 2.16. The second-order valence-corrected chi connectivity index (χ2v) is 3.11. The molecular weight excluding hydrogens is 174 g/mol. The minimum atomic E-state index is 0.359. The molecule has 0 unspecified atom stereocenters. The highest BCUT2D eigenvalue weighted by molar-refractivity contribution is 7.13. The van der Waals surface area contributed by atoms with Gasteiger partial charge in [-0.25, -0.2) is 4.98 Å². The van der Waals surface area contributed by atoms with Crippen LogP contribution in [-0.2, 0) is 0 Å². The van der Waals surface area contributed by atoms with Crippen molar-refractivity contribution < 1.29 is 9.21 Å². The molecule has 2 heterocycles. The van der Waals surface area contributed by atoms with Crippen molar-refractivity contribution in [1.29, 1.82) is 0 Å². The van der Waals surface area contributed by atoms with Crippen LogP contribution in [0, 0.1) is 0 Å². The molecule has 0 aliphatic heterocycles. The Morgan fingerprint density at radius 1 is 1.58 bits per heavy atom. The molecule has 0 saturated heterocycles. The van der Waals surface area contributed by atoms with E-state index in [1.54, 1.807) is 0 Å². The molecule has 0 spiro atoms. The van der Waals surface area contributed by atoms with Gasteiger partial charge in [0.05, 0.1) is 4.88 Å². The molecule has 0 aromatic carbocycles. The molecule has 3 nitrogen and oxygen atoms in total. The molecular formula is C8H5NO2S. The first-order chi connectivity index (χ1) is 5.92. The maximum absolute atomic E-state index is 10.5. The van der Waals surface area contributed by atoms with Gasteiger partial charge in [-0.2, -0.15) is 0 Å². The SMILES string of the molecule is O=Cc1ncoc1-c1cccs1. The smallest absolute Gasteiger partial charge is 0.182 e. The first-order valence-electron chi connectivity index (χ1n) is 3.34. The van der Waals surface area contributed by atoms with E-state index in [0.717, 1.165) is 4.88 Å². The quantitative estimate of drug-likeness (QED) is 0.664. The summed E-state index contributed by atoms with van der Waals surface area (Å²) in [5.41, 5.74) is 0.359. The fraction of sp³-hybridized carbons (Fsp3) is 0. The van der Waals surface area contributed by atoms with Gasteiger partial charge in [0.1, 0.15) is 0 Å². The average Bonchev–Trinajstić information content (AvgIpc) is 2.74. The lowest BCUT2D eigenvalue weighted by Crippen LogP contribution is -1.80. The molecule has 0 fully saturated rings. The lowest BCUT2D eigenvalue weighted by Gasteiger charge is -1.87. The van der Waals surface area contributed by atoms with Gasteiger partial charge in [0.25, 0.3) is 0 Å². The standard InChI is InChI=1S/C8H5NO2S/c10-4-6-8(11-5-9-6)7-2-1-3-12-7/h1-5H. The van der Waals surface area contributed by atoms with Crippen LogP contribution in [0.1, 0.15) is 10.5 Å². The summed E-state index contributed by atoms with van der Waals surface area (Å²) >= 11 is 1.52. The van der Waals surface area contributed by atoms with Crippen molar-refractivity contribution in [3.05, 3.63) is 29.6 Å². The molecule has 2 rings (SSSR count). The highest BCUT2D eigenvalue weighted by Gasteiger charge is 2.09. The van der Waals surface area contributed by atoms with Gasteiger partial charge in [-0.15, -0.1) is 11.3 Å². The monoisotopic (exact) mass is 179 g/mol. The number of hydrogen-bond donors (Lipinski definition) is 0. The van der Waals surface area contributed by atoms with Crippen LogP contribution in [0.4, 0.5) is 0 Å². The normalized spacial score (nSPS) is 10.0. The van der Waals surface area contributed by atoms with Crippen LogP contribution in [0.3, 0.4) is 0 Å². The van der Waals surface area contributed by atoms with Crippen molar-refractivity contribution in [3.8, 4) is 10.6 Å². The Kier molecular flexibility index (Phi) is 1.75. The third-order valence-electron chi connectivity index (χ3n) is 1.45. The van der Waals surface area contributed by atoms with Gasteiger partial charge in [0.15, 0.2) is 24.1 Å². The number of thiophene rings is 1. The Morgan fingerprint density at radius 2 is 2.50 bits per heavy atom. The van der Waals surface area contributed by atoms with Crippen LogP contribution in [0.15, 0.2) is 28.3 Å². The highest BCUT2D eigenvalue weighted by Crippen LogP contribution is 2.26. The molecule has 0 amide bonds. The Hall–Kier alpha value is -1.42. The van der Waals surface area contributed by atoms with Crippen molar-refractivity contribution in [3.63, 3.8) is 0 Å². The van der Waals surface area contributed by atoms with Crippen molar-refractivity contribution in [2.75, 3.05) is 0 Å². The minimum Gasteiger partial charge on any atom is -0.442 e. The lowest BCUT2D eigenvalue weighted by atomic mass is 10.3. The predicted molar refractivity (Wildman–Crippen MR) is 45.2 cm³/mol. The van der Waals surface area contributed by atoms with Crippen LogP contribution < -0.4 is 0 Å². The summed E-state index contributed by atoms with van der Waals surface area (Å²) in [4.78, 5) is 15.2. The van der Waals surface area contributed by atoms with E-state index >= 15 is 0 Å². The van der Waals surface area contributed by atoms with Crippen LogP contribution in [0.5, 0.6) is 0 Å². The summed E-state index contributed by atoms with van der Waals surface area (Å²) < 4.78 is 5.07. The van der Waals surface area contributed by atoms with E-state index in [4.69, 9.17) is 4.42 Å². The Bertz CT molecular complexity index is 377. The summed E-state index contributed by atoms with van der Waals surface area (Å²) in [6.45, 7) is 0. The summed E-state index contributed by atoms with van der Waals surface area (Å²) in [5, 5.41) is 1.92. The van der Waals surface area contributed by atoms with Gasteiger partial charge < -0.3 is 4.42 Å². The minimum absolute atomic E-state index is 0.359. The van der Waals surface area contributed by atoms with Crippen LogP contribution in [0.2, 0.25) is 0 Å². The van der Waals surface area contributed by atoms with Crippen molar-refractivity contribution >= 4 is 17.6 Å². The molecule has 0 bridgehead atoms. The predicted octanol–water partition coefficient (Wildman–Crippen LogP) is 2.22. The van der Waals surface area contributed by atoms with Gasteiger partial charge in [-0.3, -0.25) is 4.79 Å². The van der Waals surface area contributed by atoms with E-state index in [0.29, 0.717) is 17.7 Å². The van der Waals surface area contributed by atoms with Gasteiger partial charge in [0, 0.05) is 0 Å². The molecule has 0 radical (unpaired) electrons. The van der Waals surface area contributed by atoms with Crippen LogP contribution in [0.25, 0.3) is 10.6 Å². The van der Waals surface area contributed by atoms with Crippen molar-refractivity contribution in [2.24, 2.45) is 0 Å². The summed E-state index contributed by atoms with van der Waals surface area (Å²) in [6.07, 6.45) is 1.97. The topological polar surface area (TPSA) is 43.1 Å². The fourth-order valence-corrected chi connectivity index (χ4v) is 1.65. The molecule has 0 N–H and O–H groups in total. The summed E-state index contributed by atoms with van der Waals surface area (Å²) in [5.74, 6) is 0.556. The van der Waals surface area contributed by atoms with E-state index in [2.05, 4.69) is 4.98 Å². The third-order valence-corrected chi connectivity index (χ3v) is 2.32. The number of oxazole rings is 1. The number of aldehydes is 1. The van der Waals surface area contributed by atoms with E-state index in [1.165, 1.54) is 17.7 Å². The highest BCUT2D eigenvalue weighted by atomic mass is 32.1. The second kappa shape index (κ2) is 2.91. The number of nitrogens with zero attached hydrogens (tertiary/aromatic N) is 1. The largest absolute Gasteiger partial charge is 0.442 e. The molecule has 4 heteroatoms. The Morgan fingerprint density at radius 3 is 3.17 bits per heavy atom. The van der Waals surface area contributed by atoms with Crippen molar-refractivity contribution in [2.45, 2.75) is 0 Å². The summed E-state index contributed by atoms with van der Waals surface area (Å²) in [6, 6.07) is 3.79. The van der Waals surface area contributed by atoms with Gasteiger partial charge >= 0.3 is 0 Å². The molecule has 12 heavy (non-hydrogen) atoms. The third kappa shape index (κ3) is 1.06. The van der Waals surface area contributed by atoms with Gasteiger partial charge in [-0.1, -0.05) is 6.07 Å². The molecule has 0 atom stereocenters. The van der Waals surface area contributed by atoms with E-state index in [-0.39, 0.29) is 0 Å². The number of hydrogen-bond acceptors (Lipinski definition) is 4. The molecule has 0 saturated carbocycles. The molecule has 2 aromatic heterocycles. The molecule has 2 aromatic rings. The lowest BCUT2D eigenvalue weighted by molar-refractivity contribution is 0.112. The first-order valence-corrected chi connectivity index (χ1v) is 4.22. The van der Waals surface area contributed by atoms with Gasteiger partial charge in [0.2, 0.25) is 0 Å². The van der Waals surface area contributed by atoms with E-state index in [9.17, 15) is 4.79 Å². The maximum atomic E-state index is 10.5. The zero-order valence-electron chi connectivity index (χ0n) is 6.06.